The molecule has 3 aromatic rings. The highest BCUT2D eigenvalue weighted by Crippen LogP contribution is 2.27. The minimum Gasteiger partial charge on any atom is -0.349 e. The van der Waals surface area contributed by atoms with Crippen LogP contribution in [0, 0.1) is 13.8 Å². The number of rotatable bonds is 5. The van der Waals surface area contributed by atoms with E-state index in [0.717, 1.165) is 18.4 Å². The summed E-state index contributed by atoms with van der Waals surface area (Å²) in [7, 11) is 0. The first-order valence-electron chi connectivity index (χ1n) is 8.68. The number of aryl methyl sites for hydroxylation is 2. The Labute approximate surface area is 147 Å². The van der Waals surface area contributed by atoms with Gasteiger partial charge in [-0.25, -0.2) is 4.98 Å². The lowest BCUT2D eigenvalue weighted by molar-refractivity contribution is 0.0936. The molecule has 3 rings (SSSR count). The predicted octanol–water partition coefficient (Wildman–Crippen LogP) is 4.43. The molecule has 0 aliphatic heterocycles. The maximum Gasteiger partial charge on any atom is 0.259 e. The Morgan fingerprint density at radius 2 is 1.84 bits per heavy atom. The summed E-state index contributed by atoms with van der Waals surface area (Å²) in [6.45, 7) is 8.00. The third kappa shape index (κ3) is 3.40. The first-order chi connectivity index (χ1) is 12.0. The van der Waals surface area contributed by atoms with Crippen molar-refractivity contribution in [3.63, 3.8) is 0 Å². The molecule has 130 valence electrons. The van der Waals surface area contributed by atoms with Crippen LogP contribution in [0.15, 0.2) is 34.9 Å². The summed E-state index contributed by atoms with van der Waals surface area (Å²) in [6, 6.07) is 10.0. The molecule has 0 unspecified atom stereocenters. The van der Waals surface area contributed by atoms with Gasteiger partial charge >= 0.3 is 0 Å². The zero-order valence-corrected chi connectivity index (χ0v) is 15.1. The fourth-order valence-electron chi connectivity index (χ4n) is 2.90. The normalized spacial score (nSPS) is 11.2. The minimum atomic E-state index is -0.110. The molecule has 0 spiro atoms. The highest BCUT2D eigenvalue weighted by molar-refractivity contribution is 6.07. The van der Waals surface area contributed by atoms with Crippen LogP contribution in [0.4, 0.5) is 0 Å². The van der Waals surface area contributed by atoms with E-state index in [4.69, 9.17) is 4.52 Å². The first-order valence-corrected chi connectivity index (χ1v) is 8.68. The molecule has 2 aromatic heterocycles. The quantitative estimate of drug-likeness (QED) is 0.748. The number of hydrogen-bond donors (Lipinski definition) is 1. The molecule has 1 aromatic carbocycles. The van der Waals surface area contributed by atoms with Gasteiger partial charge in [-0.05, 0) is 32.8 Å². The third-order valence-corrected chi connectivity index (χ3v) is 4.53. The predicted molar refractivity (Wildman–Crippen MR) is 98.6 cm³/mol. The average molecular weight is 337 g/mol. The van der Waals surface area contributed by atoms with Gasteiger partial charge in [-0.2, -0.15) is 0 Å². The van der Waals surface area contributed by atoms with E-state index in [1.54, 1.807) is 0 Å². The van der Waals surface area contributed by atoms with Crippen LogP contribution in [-0.2, 0) is 0 Å². The molecular formula is C20H23N3O2. The van der Waals surface area contributed by atoms with Crippen LogP contribution in [0.5, 0.6) is 0 Å². The first kappa shape index (κ1) is 17.1. The Kier molecular flexibility index (Phi) is 4.83. The van der Waals surface area contributed by atoms with E-state index in [9.17, 15) is 4.79 Å². The SMILES string of the molecule is CCC(CC)NC(=O)c1cc(-c2ccc(C)cc2)nc2onc(C)c12. The van der Waals surface area contributed by atoms with E-state index in [1.165, 1.54) is 5.56 Å². The molecule has 0 radical (unpaired) electrons. The molecule has 25 heavy (non-hydrogen) atoms. The Morgan fingerprint density at radius 1 is 1.16 bits per heavy atom. The summed E-state index contributed by atoms with van der Waals surface area (Å²) in [6.07, 6.45) is 1.79. The number of pyridine rings is 1. The lowest BCUT2D eigenvalue weighted by Gasteiger charge is -2.15. The van der Waals surface area contributed by atoms with Gasteiger partial charge in [0.05, 0.1) is 22.3 Å². The van der Waals surface area contributed by atoms with Gasteiger partial charge in [-0.3, -0.25) is 4.79 Å². The van der Waals surface area contributed by atoms with E-state index < -0.39 is 0 Å². The van der Waals surface area contributed by atoms with Crippen LogP contribution >= 0.6 is 0 Å². The number of carbonyl (C=O) groups is 1. The van der Waals surface area contributed by atoms with Crippen molar-refractivity contribution in [2.75, 3.05) is 0 Å². The number of carbonyl (C=O) groups excluding carboxylic acids is 1. The Balaban J connectivity index is 2.10. The summed E-state index contributed by atoms with van der Waals surface area (Å²) in [4.78, 5) is 17.4. The summed E-state index contributed by atoms with van der Waals surface area (Å²) in [5.41, 5.74) is 4.45. The van der Waals surface area contributed by atoms with Crippen molar-refractivity contribution in [3.05, 3.63) is 47.2 Å². The zero-order valence-electron chi connectivity index (χ0n) is 15.1. The maximum atomic E-state index is 12.9. The molecule has 2 heterocycles. The zero-order chi connectivity index (χ0) is 18.0. The van der Waals surface area contributed by atoms with Gasteiger partial charge in [0.1, 0.15) is 0 Å². The van der Waals surface area contributed by atoms with Gasteiger partial charge in [-0.15, -0.1) is 0 Å². The number of aromatic nitrogens is 2. The smallest absolute Gasteiger partial charge is 0.259 e. The molecular weight excluding hydrogens is 314 g/mol. The largest absolute Gasteiger partial charge is 0.349 e. The highest BCUT2D eigenvalue weighted by atomic mass is 16.5. The highest BCUT2D eigenvalue weighted by Gasteiger charge is 2.20. The van der Waals surface area contributed by atoms with Crippen LogP contribution in [0.3, 0.4) is 0 Å². The maximum absolute atomic E-state index is 12.9. The molecule has 0 aliphatic carbocycles. The van der Waals surface area contributed by atoms with Gasteiger partial charge in [0.25, 0.3) is 11.6 Å². The van der Waals surface area contributed by atoms with Crippen molar-refractivity contribution in [2.24, 2.45) is 0 Å². The van der Waals surface area contributed by atoms with Crippen molar-refractivity contribution in [3.8, 4) is 11.3 Å². The molecule has 0 bridgehead atoms. The number of fused-ring (bicyclic) bond motifs is 1. The van der Waals surface area contributed by atoms with Crippen molar-refractivity contribution < 1.29 is 9.32 Å². The molecule has 1 N–H and O–H groups in total. The van der Waals surface area contributed by atoms with Crippen molar-refractivity contribution in [2.45, 2.75) is 46.6 Å². The van der Waals surface area contributed by atoms with Crippen molar-refractivity contribution in [1.29, 1.82) is 0 Å². The Hall–Kier alpha value is -2.69. The Morgan fingerprint density at radius 3 is 2.48 bits per heavy atom. The second-order valence-electron chi connectivity index (χ2n) is 6.36. The number of nitrogens with zero attached hydrogens (tertiary/aromatic N) is 2. The minimum absolute atomic E-state index is 0.110. The monoisotopic (exact) mass is 337 g/mol. The Bertz CT molecular complexity index is 893. The van der Waals surface area contributed by atoms with Crippen LogP contribution in [0.2, 0.25) is 0 Å². The van der Waals surface area contributed by atoms with Crippen molar-refractivity contribution in [1.82, 2.24) is 15.5 Å². The lowest BCUT2D eigenvalue weighted by atomic mass is 10.0. The molecule has 0 saturated carbocycles. The molecule has 0 saturated heterocycles. The summed E-state index contributed by atoms with van der Waals surface area (Å²) in [5.74, 6) is -0.110. The number of amides is 1. The second kappa shape index (κ2) is 7.05. The second-order valence-corrected chi connectivity index (χ2v) is 6.36. The van der Waals surface area contributed by atoms with E-state index in [1.807, 2.05) is 44.2 Å². The van der Waals surface area contributed by atoms with Gasteiger partial charge in [-0.1, -0.05) is 48.8 Å². The molecule has 0 aliphatic rings. The van der Waals surface area contributed by atoms with E-state index in [-0.39, 0.29) is 11.9 Å². The molecule has 5 nitrogen and oxygen atoms in total. The van der Waals surface area contributed by atoms with E-state index in [0.29, 0.717) is 28.1 Å². The van der Waals surface area contributed by atoms with Crippen LogP contribution in [-0.4, -0.2) is 22.1 Å². The molecule has 0 atom stereocenters. The summed E-state index contributed by atoms with van der Waals surface area (Å²) in [5, 5.41) is 7.76. The topological polar surface area (TPSA) is 68.0 Å². The van der Waals surface area contributed by atoms with E-state index >= 15 is 0 Å². The standard InChI is InChI=1S/C20H23N3O2/c1-5-15(6-2)21-19(24)16-11-17(14-9-7-12(3)8-10-14)22-20-18(16)13(4)23-25-20/h7-11,15H,5-6H2,1-4H3,(H,21,24). The molecule has 1 amide bonds. The van der Waals surface area contributed by atoms with Gasteiger partial charge in [0, 0.05) is 11.6 Å². The summed E-state index contributed by atoms with van der Waals surface area (Å²) >= 11 is 0. The number of hydrogen-bond acceptors (Lipinski definition) is 4. The molecule has 5 heteroatoms. The fourth-order valence-corrected chi connectivity index (χ4v) is 2.90. The van der Waals surface area contributed by atoms with Gasteiger partial charge < -0.3 is 9.84 Å². The fraction of sp³-hybridized carbons (Fsp3) is 0.350. The van der Waals surface area contributed by atoms with Gasteiger partial charge in [0.15, 0.2) is 0 Å². The molecule has 0 fully saturated rings. The number of nitrogens with one attached hydrogen (secondary N) is 1. The number of benzene rings is 1. The van der Waals surface area contributed by atoms with Crippen LogP contribution < -0.4 is 5.32 Å². The summed E-state index contributed by atoms with van der Waals surface area (Å²) < 4.78 is 5.34. The van der Waals surface area contributed by atoms with Crippen LogP contribution in [0.25, 0.3) is 22.4 Å². The lowest BCUT2D eigenvalue weighted by Crippen LogP contribution is -2.34. The van der Waals surface area contributed by atoms with Crippen LogP contribution in [0.1, 0.15) is 48.3 Å². The van der Waals surface area contributed by atoms with Crippen molar-refractivity contribution >= 4 is 17.0 Å². The van der Waals surface area contributed by atoms with E-state index in [2.05, 4.69) is 29.3 Å². The third-order valence-electron chi connectivity index (χ3n) is 4.53. The van der Waals surface area contributed by atoms with Gasteiger partial charge in [0.2, 0.25) is 0 Å². The average Bonchev–Trinajstić information content (AvgIpc) is 3.00.